The van der Waals surface area contributed by atoms with Gasteiger partial charge in [0.2, 0.25) is 5.91 Å². The molecule has 0 spiro atoms. The maximum atomic E-state index is 12.9. The van der Waals surface area contributed by atoms with Crippen LogP contribution in [0.4, 0.5) is 0 Å². The van der Waals surface area contributed by atoms with Crippen molar-refractivity contribution in [2.75, 3.05) is 19.8 Å². The number of unbranched alkanes of at least 4 members (excludes halogenated alkanes) is 1. The van der Waals surface area contributed by atoms with E-state index in [2.05, 4.69) is 12.2 Å². The topological polar surface area (TPSA) is 58.6 Å². The molecule has 26 heavy (non-hydrogen) atoms. The van der Waals surface area contributed by atoms with E-state index in [1.807, 2.05) is 38.1 Å². The minimum absolute atomic E-state index is 0.0354. The molecule has 1 aromatic rings. The fraction of sp³-hybridized carbons (Fsp3) is 0.600. The summed E-state index contributed by atoms with van der Waals surface area (Å²) in [6.45, 7) is 8.23. The molecule has 2 atom stereocenters. The Labute approximate surface area is 159 Å². The molecule has 3 rings (SSSR count). The quantitative estimate of drug-likeness (QED) is 0.707. The largest absolute Gasteiger partial charge is 0.381 e. The number of hydrogen-bond acceptors (Lipinski definition) is 4. The Bertz CT molecular complexity index is 677. The third-order valence-corrected chi connectivity index (χ3v) is 6.49. The van der Waals surface area contributed by atoms with Crippen molar-refractivity contribution in [1.29, 1.82) is 0 Å². The standard InChI is InChI=1S/C20H28N2O3S/c1-4-5-12-25-13-8-11-21-17(23)16-20(2,3)26-19-15-10-7-6-9-14(15)18(24)22(16)19/h6-7,9-10,16,19H,4-5,8,11-13H2,1-3H3,(H,21,23). The molecule has 2 aliphatic rings. The predicted octanol–water partition coefficient (Wildman–Crippen LogP) is 3.36. The first-order valence-electron chi connectivity index (χ1n) is 9.42. The Hall–Kier alpha value is -1.53. The van der Waals surface area contributed by atoms with E-state index in [-0.39, 0.29) is 21.9 Å². The molecular weight excluding hydrogens is 348 g/mol. The highest BCUT2D eigenvalue weighted by molar-refractivity contribution is 8.01. The van der Waals surface area contributed by atoms with Crippen molar-refractivity contribution in [1.82, 2.24) is 10.2 Å². The molecular formula is C20H28N2O3S. The Morgan fingerprint density at radius 2 is 2.00 bits per heavy atom. The normalized spacial score (nSPS) is 23.0. The van der Waals surface area contributed by atoms with Crippen LogP contribution in [0.1, 0.15) is 61.3 Å². The van der Waals surface area contributed by atoms with Crippen molar-refractivity contribution in [3.63, 3.8) is 0 Å². The molecule has 0 bridgehead atoms. The van der Waals surface area contributed by atoms with Gasteiger partial charge in [0.15, 0.2) is 0 Å². The number of nitrogens with zero attached hydrogens (tertiary/aromatic N) is 1. The molecule has 0 saturated carbocycles. The van der Waals surface area contributed by atoms with E-state index < -0.39 is 6.04 Å². The lowest BCUT2D eigenvalue weighted by Gasteiger charge is -2.29. The van der Waals surface area contributed by atoms with Crippen LogP contribution >= 0.6 is 11.8 Å². The van der Waals surface area contributed by atoms with Crippen molar-refractivity contribution in [2.24, 2.45) is 0 Å². The third-order valence-electron chi connectivity index (χ3n) is 4.95. The summed E-state index contributed by atoms with van der Waals surface area (Å²) in [6.07, 6.45) is 2.98. The second-order valence-electron chi connectivity index (χ2n) is 7.39. The smallest absolute Gasteiger partial charge is 0.256 e. The van der Waals surface area contributed by atoms with Gasteiger partial charge in [-0.3, -0.25) is 9.59 Å². The lowest BCUT2D eigenvalue weighted by atomic mass is 10.0. The van der Waals surface area contributed by atoms with E-state index >= 15 is 0 Å². The zero-order valence-electron chi connectivity index (χ0n) is 15.8. The van der Waals surface area contributed by atoms with Crippen LogP contribution in [0, 0.1) is 0 Å². The number of hydrogen-bond donors (Lipinski definition) is 1. The Morgan fingerprint density at radius 1 is 1.27 bits per heavy atom. The van der Waals surface area contributed by atoms with Gasteiger partial charge in [-0.15, -0.1) is 11.8 Å². The van der Waals surface area contributed by atoms with Gasteiger partial charge in [0.05, 0.1) is 0 Å². The van der Waals surface area contributed by atoms with Crippen molar-refractivity contribution in [2.45, 2.75) is 56.2 Å². The summed E-state index contributed by atoms with van der Waals surface area (Å²) in [7, 11) is 0. The number of nitrogens with one attached hydrogen (secondary N) is 1. The number of thioether (sulfide) groups is 1. The fourth-order valence-corrected chi connectivity index (χ4v) is 5.22. The zero-order chi connectivity index (χ0) is 18.7. The van der Waals surface area contributed by atoms with Crippen LogP contribution in [0.15, 0.2) is 24.3 Å². The number of carbonyl (C=O) groups is 2. The molecule has 2 aliphatic heterocycles. The van der Waals surface area contributed by atoms with Crippen molar-refractivity contribution < 1.29 is 14.3 Å². The van der Waals surface area contributed by atoms with E-state index in [9.17, 15) is 9.59 Å². The lowest BCUT2D eigenvalue weighted by Crippen LogP contribution is -2.52. The van der Waals surface area contributed by atoms with E-state index in [1.54, 1.807) is 16.7 Å². The average Bonchev–Trinajstić information content (AvgIpc) is 3.04. The molecule has 1 saturated heterocycles. The van der Waals surface area contributed by atoms with Crippen LogP contribution in [0.25, 0.3) is 0 Å². The van der Waals surface area contributed by atoms with Gasteiger partial charge in [-0.1, -0.05) is 31.5 Å². The first-order valence-corrected chi connectivity index (χ1v) is 10.3. The number of ether oxygens (including phenoxy) is 1. The highest BCUT2D eigenvalue weighted by Gasteiger charge is 2.57. The molecule has 2 heterocycles. The van der Waals surface area contributed by atoms with Gasteiger partial charge in [0.1, 0.15) is 11.4 Å². The lowest BCUT2D eigenvalue weighted by molar-refractivity contribution is -0.126. The van der Waals surface area contributed by atoms with E-state index in [0.29, 0.717) is 13.2 Å². The van der Waals surface area contributed by atoms with Gasteiger partial charge in [0.25, 0.3) is 5.91 Å². The predicted molar refractivity (Wildman–Crippen MR) is 104 cm³/mol. The fourth-order valence-electron chi connectivity index (χ4n) is 3.64. The molecule has 5 nitrogen and oxygen atoms in total. The van der Waals surface area contributed by atoms with Crippen LogP contribution in [-0.4, -0.2) is 47.3 Å². The molecule has 0 aromatic heterocycles. The molecule has 0 aliphatic carbocycles. The molecule has 1 aromatic carbocycles. The average molecular weight is 377 g/mol. The second-order valence-corrected chi connectivity index (χ2v) is 9.12. The van der Waals surface area contributed by atoms with Crippen molar-refractivity contribution >= 4 is 23.6 Å². The maximum Gasteiger partial charge on any atom is 0.256 e. The highest BCUT2D eigenvalue weighted by Crippen LogP contribution is 2.56. The van der Waals surface area contributed by atoms with Crippen LogP contribution in [0.2, 0.25) is 0 Å². The van der Waals surface area contributed by atoms with Crippen molar-refractivity contribution in [3.8, 4) is 0 Å². The first kappa shape index (κ1) is 19.2. The van der Waals surface area contributed by atoms with Crippen LogP contribution < -0.4 is 5.32 Å². The highest BCUT2D eigenvalue weighted by atomic mass is 32.2. The van der Waals surface area contributed by atoms with Gasteiger partial charge in [-0.2, -0.15) is 0 Å². The summed E-state index contributed by atoms with van der Waals surface area (Å²) in [5, 5.41) is 2.94. The van der Waals surface area contributed by atoms with Gasteiger partial charge in [-0.05, 0) is 38.3 Å². The maximum absolute atomic E-state index is 12.9. The SMILES string of the molecule is CCCCOCCCNC(=O)C1N2C(=O)c3ccccc3C2SC1(C)C. The Kier molecular flexibility index (Phi) is 5.92. The summed E-state index contributed by atoms with van der Waals surface area (Å²) in [6, 6.07) is 7.22. The summed E-state index contributed by atoms with van der Waals surface area (Å²) < 4.78 is 5.21. The number of carbonyl (C=O) groups excluding carboxylic acids is 2. The van der Waals surface area contributed by atoms with E-state index in [1.165, 1.54) is 0 Å². The molecule has 0 radical (unpaired) electrons. The van der Waals surface area contributed by atoms with E-state index in [4.69, 9.17) is 4.74 Å². The number of benzene rings is 1. The third kappa shape index (κ3) is 3.62. The summed E-state index contributed by atoms with van der Waals surface area (Å²) in [5.41, 5.74) is 1.75. The minimum atomic E-state index is -0.460. The number of amides is 2. The molecule has 2 amide bonds. The summed E-state index contributed by atoms with van der Waals surface area (Å²) in [5.74, 6) is -0.105. The Balaban J connectivity index is 1.61. The first-order chi connectivity index (χ1) is 12.5. The zero-order valence-corrected chi connectivity index (χ0v) is 16.6. The number of rotatable bonds is 8. The minimum Gasteiger partial charge on any atom is -0.381 e. The second kappa shape index (κ2) is 8.01. The van der Waals surface area contributed by atoms with Crippen LogP contribution in [-0.2, 0) is 9.53 Å². The van der Waals surface area contributed by atoms with Crippen LogP contribution in [0.5, 0.6) is 0 Å². The van der Waals surface area contributed by atoms with E-state index in [0.717, 1.165) is 37.0 Å². The van der Waals surface area contributed by atoms with Gasteiger partial charge >= 0.3 is 0 Å². The monoisotopic (exact) mass is 376 g/mol. The summed E-state index contributed by atoms with van der Waals surface area (Å²) >= 11 is 1.69. The number of fused-ring (bicyclic) bond motifs is 3. The molecule has 6 heteroatoms. The molecule has 2 unspecified atom stereocenters. The Morgan fingerprint density at radius 3 is 2.77 bits per heavy atom. The summed E-state index contributed by atoms with van der Waals surface area (Å²) in [4.78, 5) is 27.5. The molecule has 142 valence electrons. The molecule has 1 fully saturated rings. The van der Waals surface area contributed by atoms with Gasteiger partial charge < -0.3 is 15.0 Å². The molecule has 1 N–H and O–H groups in total. The van der Waals surface area contributed by atoms with Crippen LogP contribution in [0.3, 0.4) is 0 Å². The van der Waals surface area contributed by atoms with Crippen molar-refractivity contribution in [3.05, 3.63) is 35.4 Å². The van der Waals surface area contributed by atoms with Gasteiger partial charge in [-0.25, -0.2) is 0 Å². The van der Waals surface area contributed by atoms with Gasteiger partial charge in [0, 0.05) is 30.1 Å².